The highest BCUT2D eigenvalue weighted by Gasteiger charge is 2.27. The van der Waals surface area contributed by atoms with Crippen LogP contribution in [0.4, 0.5) is 14.5 Å². The molecule has 12 heteroatoms. The van der Waals surface area contributed by atoms with Gasteiger partial charge in [0.15, 0.2) is 11.8 Å². The number of methoxy groups -OCH3 is 2. The van der Waals surface area contributed by atoms with Crippen molar-refractivity contribution in [2.45, 2.75) is 0 Å². The molecule has 148 valence electrons. The number of hydrogen-bond acceptors (Lipinski definition) is 7. The van der Waals surface area contributed by atoms with E-state index >= 15 is 0 Å². The molecular formula is C16H14F2N4O5S. The van der Waals surface area contributed by atoms with Crippen LogP contribution in [0.15, 0.2) is 24.7 Å². The van der Waals surface area contributed by atoms with Crippen molar-refractivity contribution in [3.8, 4) is 5.88 Å². The molecule has 0 aliphatic rings. The van der Waals surface area contributed by atoms with Crippen molar-refractivity contribution < 1.29 is 31.5 Å². The number of anilines is 1. The van der Waals surface area contributed by atoms with Gasteiger partial charge < -0.3 is 14.5 Å². The van der Waals surface area contributed by atoms with E-state index in [0.29, 0.717) is 0 Å². The van der Waals surface area contributed by atoms with Crippen molar-refractivity contribution in [3.63, 3.8) is 0 Å². The number of nitrogens with zero attached hydrogens (tertiary/aromatic N) is 2. The van der Waals surface area contributed by atoms with E-state index < -0.39 is 44.6 Å². The van der Waals surface area contributed by atoms with Crippen molar-refractivity contribution in [1.82, 2.24) is 15.0 Å². The molecule has 3 rings (SSSR count). The fourth-order valence-electron chi connectivity index (χ4n) is 2.59. The van der Waals surface area contributed by atoms with Crippen LogP contribution in [0.2, 0.25) is 0 Å². The summed E-state index contributed by atoms with van der Waals surface area (Å²) in [6.07, 6.45) is 2.41. The summed E-state index contributed by atoms with van der Waals surface area (Å²) >= 11 is 0. The van der Waals surface area contributed by atoms with Crippen LogP contribution in [0.1, 0.15) is 15.9 Å². The van der Waals surface area contributed by atoms with Crippen LogP contribution in [0, 0.1) is 11.6 Å². The monoisotopic (exact) mass is 412 g/mol. The first-order valence-electron chi connectivity index (χ1n) is 7.67. The highest BCUT2D eigenvalue weighted by Crippen LogP contribution is 2.30. The molecule has 3 aromatic rings. The van der Waals surface area contributed by atoms with Crippen LogP contribution in [0.5, 0.6) is 5.88 Å². The SMILES string of the molecule is COCS(=O)(=O)Nc1ccc(F)c(C(=O)c2c[nH]c3ncnc(OC)c23)c1F. The largest absolute Gasteiger partial charge is 0.480 e. The van der Waals surface area contributed by atoms with Gasteiger partial charge in [-0.15, -0.1) is 0 Å². The van der Waals surface area contributed by atoms with Gasteiger partial charge in [0, 0.05) is 13.3 Å². The van der Waals surface area contributed by atoms with Crippen molar-refractivity contribution >= 4 is 32.5 Å². The van der Waals surface area contributed by atoms with Gasteiger partial charge in [0.2, 0.25) is 11.7 Å². The zero-order valence-corrected chi connectivity index (χ0v) is 15.4. The first-order chi connectivity index (χ1) is 13.3. The van der Waals surface area contributed by atoms with Gasteiger partial charge in [0.25, 0.3) is 10.0 Å². The topological polar surface area (TPSA) is 123 Å². The Balaban J connectivity index is 2.12. The van der Waals surface area contributed by atoms with Gasteiger partial charge in [-0.2, -0.15) is 0 Å². The summed E-state index contributed by atoms with van der Waals surface area (Å²) in [5, 5.41) is 0.138. The van der Waals surface area contributed by atoms with E-state index in [1.807, 2.05) is 4.72 Å². The van der Waals surface area contributed by atoms with Gasteiger partial charge >= 0.3 is 0 Å². The lowest BCUT2D eigenvalue weighted by Crippen LogP contribution is -2.19. The fourth-order valence-corrected chi connectivity index (χ4v) is 3.46. The van der Waals surface area contributed by atoms with E-state index in [1.165, 1.54) is 19.6 Å². The van der Waals surface area contributed by atoms with Crippen molar-refractivity contribution in [2.24, 2.45) is 0 Å². The molecule has 0 aliphatic heterocycles. The van der Waals surface area contributed by atoms with Gasteiger partial charge in [-0.25, -0.2) is 27.2 Å². The molecule has 0 bridgehead atoms. The maximum Gasteiger partial charge on any atom is 0.257 e. The number of sulfonamides is 1. The number of ether oxygens (including phenoxy) is 2. The third-order valence-electron chi connectivity index (χ3n) is 3.73. The minimum Gasteiger partial charge on any atom is -0.480 e. The maximum atomic E-state index is 14.8. The van der Waals surface area contributed by atoms with Gasteiger partial charge in [-0.05, 0) is 12.1 Å². The second-order valence-electron chi connectivity index (χ2n) is 5.55. The van der Waals surface area contributed by atoms with E-state index in [1.54, 1.807) is 0 Å². The molecule has 1 aromatic carbocycles. The molecule has 0 radical (unpaired) electrons. The summed E-state index contributed by atoms with van der Waals surface area (Å²) in [6, 6.07) is 1.65. The summed E-state index contributed by atoms with van der Waals surface area (Å²) < 4.78 is 64.2. The standard InChI is InChI=1S/C16H14F2N4O5S/c1-26-7-28(24,25)22-10-4-3-9(17)12(13(10)18)14(23)8-5-19-15-11(8)16(27-2)21-6-20-15/h3-6,22H,7H2,1-2H3,(H,19,20,21). The minimum atomic E-state index is -4.05. The second kappa shape index (κ2) is 7.48. The second-order valence-corrected chi connectivity index (χ2v) is 7.21. The Kier molecular flexibility index (Phi) is 5.25. The van der Waals surface area contributed by atoms with E-state index in [9.17, 15) is 22.0 Å². The van der Waals surface area contributed by atoms with E-state index in [0.717, 1.165) is 19.2 Å². The summed E-state index contributed by atoms with van der Waals surface area (Å²) in [4.78, 5) is 23.4. The zero-order valence-electron chi connectivity index (χ0n) is 14.6. The Morgan fingerprint density at radius 3 is 2.68 bits per heavy atom. The number of aromatic amines is 1. The van der Waals surface area contributed by atoms with Crippen LogP contribution >= 0.6 is 0 Å². The molecule has 0 unspecified atom stereocenters. The lowest BCUT2D eigenvalue weighted by molar-refractivity contribution is 0.103. The predicted molar refractivity (Wildman–Crippen MR) is 94.6 cm³/mol. The molecule has 0 fully saturated rings. The Labute approximate surface area is 157 Å². The number of carbonyl (C=O) groups excluding carboxylic acids is 1. The number of aromatic nitrogens is 3. The summed E-state index contributed by atoms with van der Waals surface area (Å²) in [7, 11) is -1.60. The first kappa shape index (κ1) is 19.6. The number of benzene rings is 1. The van der Waals surface area contributed by atoms with Crippen LogP contribution in [-0.4, -0.2) is 49.3 Å². The van der Waals surface area contributed by atoms with Crippen molar-refractivity contribution in [3.05, 3.63) is 47.4 Å². The molecule has 0 aliphatic carbocycles. The molecular weight excluding hydrogens is 398 g/mol. The Morgan fingerprint density at radius 1 is 1.25 bits per heavy atom. The number of rotatable bonds is 7. The number of ketones is 1. The molecule has 28 heavy (non-hydrogen) atoms. The van der Waals surface area contributed by atoms with Crippen molar-refractivity contribution in [2.75, 3.05) is 24.9 Å². The molecule has 0 spiro atoms. The van der Waals surface area contributed by atoms with Crippen LogP contribution in [0.3, 0.4) is 0 Å². The summed E-state index contributed by atoms with van der Waals surface area (Å²) in [6.45, 7) is 0. The highest BCUT2D eigenvalue weighted by atomic mass is 32.2. The molecule has 2 N–H and O–H groups in total. The quantitative estimate of drug-likeness (QED) is 0.568. The molecule has 2 heterocycles. The lowest BCUT2D eigenvalue weighted by Gasteiger charge is -2.11. The normalized spacial score (nSPS) is 11.6. The fraction of sp³-hybridized carbons (Fsp3) is 0.188. The van der Waals surface area contributed by atoms with Crippen LogP contribution in [-0.2, 0) is 14.8 Å². The average Bonchev–Trinajstić information content (AvgIpc) is 3.08. The third kappa shape index (κ3) is 3.51. The van der Waals surface area contributed by atoms with E-state index in [-0.39, 0.29) is 22.5 Å². The third-order valence-corrected chi connectivity index (χ3v) is 4.81. The average molecular weight is 412 g/mol. The van der Waals surface area contributed by atoms with Gasteiger partial charge in [0.1, 0.15) is 17.8 Å². The number of halogens is 2. The number of nitrogens with one attached hydrogen (secondary N) is 2. The zero-order chi connectivity index (χ0) is 20.5. The van der Waals surface area contributed by atoms with Crippen LogP contribution in [0.25, 0.3) is 11.0 Å². The smallest absolute Gasteiger partial charge is 0.257 e. The van der Waals surface area contributed by atoms with Crippen molar-refractivity contribution in [1.29, 1.82) is 0 Å². The minimum absolute atomic E-state index is 0.0346. The van der Waals surface area contributed by atoms with Crippen LogP contribution < -0.4 is 9.46 Å². The van der Waals surface area contributed by atoms with E-state index in [4.69, 9.17) is 4.74 Å². The van der Waals surface area contributed by atoms with Gasteiger partial charge in [0.05, 0.1) is 29.3 Å². The number of H-pyrrole nitrogens is 1. The number of fused-ring (bicyclic) bond motifs is 1. The molecule has 2 aromatic heterocycles. The predicted octanol–water partition coefficient (Wildman–Crippen LogP) is 1.82. The Hall–Kier alpha value is -3.12. The Morgan fingerprint density at radius 2 is 2.00 bits per heavy atom. The Bertz CT molecular complexity index is 1160. The number of carbonyl (C=O) groups is 1. The van der Waals surface area contributed by atoms with Gasteiger partial charge in [-0.3, -0.25) is 9.52 Å². The summed E-state index contributed by atoms with van der Waals surface area (Å²) in [5.41, 5.74) is -1.44. The molecule has 0 saturated heterocycles. The first-order valence-corrected chi connectivity index (χ1v) is 9.32. The molecule has 0 atom stereocenters. The molecule has 0 saturated carbocycles. The molecule has 0 amide bonds. The van der Waals surface area contributed by atoms with Gasteiger partial charge in [-0.1, -0.05) is 0 Å². The maximum absolute atomic E-state index is 14.8. The highest BCUT2D eigenvalue weighted by molar-refractivity contribution is 7.92. The van der Waals surface area contributed by atoms with E-state index in [2.05, 4.69) is 19.7 Å². The lowest BCUT2D eigenvalue weighted by atomic mass is 10.0. The summed E-state index contributed by atoms with van der Waals surface area (Å²) in [5.74, 6) is -4.28. The molecule has 9 nitrogen and oxygen atoms in total. The number of hydrogen-bond donors (Lipinski definition) is 2.